The molecule has 0 radical (unpaired) electrons. The van der Waals surface area contributed by atoms with Crippen molar-refractivity contribution in [3.05, 3.63) is 0 Å². The van der Waals surface area contributed by atoms with Crippen LogP contribution in [0.5, 0.6) is 0 Å². The van der Waals surface area contributed by atoms with Crippen LogP contribution >= 0.6 is 0 Å². The van der Waals surface area contributed by atoms with Gasteiger partial charge in [0.2, 0.25) is 0 Å². The van der Waals surface area contributed by atoms with Crippen molar-refractivity contribution in [2.75, 3.05) is 6.61 Å². The van der Waals surface area contributed by atoms with Crippen molar-refractivity contribution < 1.29 is 9.13 Å². The maximum Gasteiger partial charge on any atom is 0.103 e. The zero-order chi connectivity index (χ0) is 13.8. The lowest BCUT2D eigenvalue weighted by Crippen LogP contribution is -2.31. The van der Waals surface area contributed by atoms with Crippen molar-refractivity contribution in [1.82, 2.24) is 0 Å². The molecule has 0 aliphatic heterocycles. The lowest BCUT2D eigenvalue weighted by atomic mass is 9.80. The first-order valence-electron chi connectivity index (χ1n) is 8.32. The van der Waals surface area contributed by atoms with Crippen molar-refractivity contribution in [2.45, 2.75) is 78.0 Å². The largest absolute Gasteiger partial charge is 0.378 e. The average Bonchev–Trinajstić information content (AvgIpc) is 2.34. The second-order valence-electron chi connectivity index (χ2n) is 7.29. The molecular weight excluding hydrogens is 239 g/mol. The number of alkyl halides is 1. The molecule has 1 nitrogen and oxygen atoms in total. The van der Waals surface area contributed by atoms with Gasteiger partial charge in [0.1, 0.15) is 6.17 Å². The first-order chi connectivity index (χ1) is 9.06. The highest BCUT2D eigenvalue weighted by atomic mass is 19.1. The highest BCUT2D eigenvalue weighted by Gasteiger charge is 2.29. The molecule has 2 rings (SSSR count). The van der Waals surface area contributed by atoms with Gasteiger partial charge in [0.05, 0.1) is 6.10 Å². The van der Waals surface area contributed by atoms with Crippen LogP contribution in [-0.4, -0.2) is 18.9 Å². The first-order valence-corrected chi connectivity index (χ1v) is 8.32. The van der Waals surface area contributed by atoms with Crippen LogP contribution in [0.15, 0.2) is 0 Å². The van der Waals surface area contributed by atoms with E-state index in [0.717, 1.165) is 31.8 Å². The summed E-state index contributed by atoms with van der Waals surface area (Å²) in [5.74, 6) is 2.36. The molecule has 6 unspecified atom stereocenters. The van der Waals surface area contributed by atoms with Crippen LogP contribution < -0.4 is 0 Å². The number of ether oxygens (including phenoxy) is 1. The highest BCUT2D eigenvalue weighted by Crippen LogP contribution is 2.34. The summed E-state index contributed by atoms with van der Waals surface area (Å²) < 4.78 is 20.0. The molecule has 0 aromatic rings. The van der Waals surface area contributed by atoms with Crippen LogP contribution in [0.4, 0.5) is 4.39 Å². The molecule has 2 aliphatic carbocycles. The van der Waals surface area contributed by atoms with E-state index in [-0.39, 0.29) is 5.92 Å². The molecule has 0 amide bonds. The number of hydrogen-bond donors (Lipinski definition) is 0. The van der Waals surface area contributed by atoms with Crippen LogP contribution in [-0.2, 0) is 4.74 Å². The normalized spacial score (nSPS) is 44.2. The van der Waals surface area contributed by atoms with Crippen LogP contribution in [0.3, 0.4) is 0 Å². The number of halogens is 1. The predicted octanol–water partition coefficient (Wildman–Crippen LogP) is 4.99. The molecule has 0 bridgehead atoms. The Kier molecular flexibility index (Phi) is 5.68. The topological polar surface area (TPSA) is 9.23 Å². The van der Waals surface area contributed by atoms with Gasteiger partial charge in [-0.15, -0.1) is 0 Å². The second-order valence-corrected chi connectivity index (χ2v) is 7.29. The smallest absolute Gasteiger partial charge is 0.103 e. The molecule has 0 heterocycles. The van der Waals surface area contributed by atoms with E-state index in [1.807, 2.05) is 0 Å². The van der Waals surface area contributed by atoms with Gasteiger partial charge in [0.25, 0.3) is 0 Å². The van der Waals surface area contributed by atoms with Gasteiger partial charge in [-0.3, -0.25) is 0 Å². The Morgan fingerprint density at radius 1 is 0.947 bits per heavy atom. The van der Waals surface area contributed by atoms with E-state index in [0.29, 0.717) is 17.9 Å². The minimum atomic E-state index is -0.587. The van der Waals surface area contributed by atoms with Gasteiger partial charge in [-0.1, -0.05) is 27.2 Å². The monoisotopic (exact) mass is 270 g/mol. The molecular formula is C17H31FO. The Labute approximate surface area is 118 Å². The molecule has 0 N–H and O–H groups in total. The van der Waals surface area contributed by atoms with Crippen molar-refractivity contribution in [3.63, 3.8) is 0 Å². The summed E-state index contributed by atoms with van der Waals surface area (Å²) in [6.07, 6.45) is 7.57. The molecule has 6 atom stereocenters. The Bertz CT molecular complexity index is 242. The number of hydrogen-bond acceptors (Lipinski definition) is 1. The molecule has 2 saturated carbocycles. The standard InChI is InChI=1S/C17H31FO/c1-12-5-7-17(14(3)10-12)19-9-8-15-6-4-13(2)11-16(15)18/h12-17H,4-11H2,1-3H3. The van der Waals surface area contributed by atoms with Gasteiger partial charge < -0.3 is 4.74 Å². The Morgan fingerprint density at radius 2 is 1.63 bits per heavy atom. The zero-order valence-electron chi connectivity index (χ0n) is 12.9. The van der Waals surface area contributed by atoms with Gasteiger partial charge >= 0.3 is 0 Å². The third-order valence-corrected chi connectivity index (χ3v) is 5.34. The van der Waals surface area contributed by atoms with Gasteiger partial charge in [-0.25, -0.2) is 4.39 Å². The van der Waals surface area contributed by atoms with Gasteiger partial charge in [-0.2, -0.15) is 0 Å². The molecule has 0 saturated heterocycles. The van der Waals surface area contributed by atoms with Crippen molar-refractivity contribution in [2.24, 2.45) is 23.7 Å². The lowest BCUT2D eigenvalue weighted by molar-refractivity contribution is -0.0268. The van der Waals surface area contributed by atoms with Crippen LogP contribution in [0.25, 0.3) is 0 Å². The van der Waals surface area contributed by atoms with Crippen molar-refractivity contribution >= 4 is 0 Å². The van der Waals surface area contributed by atoms with E-state index in [1.54, 1.807) is 0 Å². The summed E-state index contributed by atoms with van der Waals surface area (Å²) in [6, 6.07) is 0. The summed E-state index contributed by atoms with van der Waals surface area (Å²) in [5, 5.41) is 0. The van der Waals surface area contributed by atoms with E-state index in [2.05, 4.69) is 20.8 Å². The molecule has 2 heteroatoms. The Balaban J connectivity index is 1.66. The molecule has 112 valence electrons. The Morgan fingerprint density at radius 3 is 2.32 bits per heavy atom. The van der Waals surface area contributed by atoms with Gasteiger partial charge in [0.15, 0.2) is 0 Å². The minimum Gasteiger partial charge on any atom is -0.378 e. The molecule has 2 aliphatic rings. The quantitative estimate of drug-likeness (QED) is 0.699. The molecule has 0 aromatic carbocycles. The summed E-state index contributed by atoms with van der Waals surface area (Å²) in [6.45, 7) is 7.58. The first kappa shape index (κ1) is 15.3. The maximum absolute atomic E-state index is 13.9. The fourth-order valence-electron chi connectivity index (χ4n) is 3.96. The third-order valence-electron chi connectivity index (χ3n) is 5.34. The van der Waals surface area contributed by atoms with E-state index >= 15 is 0 Å². The van der Waals surface area contributed by atoms with E-state index in [9.17, 15) is 4.39 Å². The summed E-state index contributed by atoms with van der Waals surface area (Å²) >= 11 is 0. The molecule has 2 fully saturated rings. The van der Waals surface area contributed by atoms with Crippen molar-refractivity contribution in [1.29, 1.82) is 0 Å². The summed E-state index contributed by atoms with van der Waals surface area (Å²) in [5.41, 5.74) is 0. The third kappa shape index (κ3) is 4.44. The SMILES string of the molecule is CC1CCC(OCCC2CCC(C)CC2F)C(C)C1. The maximum atomic E-state index is 13.9. The molecule has 19 heavy (non-hydrogen) atoms. The predicted molar refractivity (Wildman–Crippen MR) is 77.9 cm³/mol. The summed E-state index contributed by atoms with van der Waals surface area (Å²) in [4.78, 5) is 0. The van der Waals surface area contributed by atoms with Crippen molar-refractivity contribution in [3.8, 4) is 0 Å². The van der Waals surface area contributed by atoms with E-state index in [4.69, 9.17) is 4.74 Å². The molecule has 0 aromatic heterocycles. The van der Waals surface area contributed by atoms with E-state index in [1.165, 1.54) is 25.7 Å². The summed E-state index contributed by atoms with van der Waals surface area (Å²) in [7, 11) is 0. The number of rotatable bonds is 4. The zero-order valence-corrected chi connectivity index (χ0v) is 12.9. The minimum absolute atomic E-state index is 0.258. The molecule has 0 spiro atoms. The fraction of sp³-hybridized carbons (Fsp3) is 1.00. The van der Waals surface area contributed by atoms with Crippen LogP contribution in [0.2, 0.25) is 0 Å². The Hall–Kier alpha value is -0.110. The lowest BCUT2D eigenvalue weighted by Gasteiger charge is -2.34. The fourth-order valence-corrected chi connectivity index (χ4v) is 3.96. The average molecular weight is 270 g/mol. The van der Waals surface area contributed by atoms with Gasteiger partial charge in [0, 0.05) is 6.61 Å². The highest BCUT2D eigenvalue weighted by molar-refractivity contribution is 4.79. The van der Waals surface area contributed by atoms with Crippen LogP contribution in [0.1, 0.15) is 65.7 Å². The van der Waals surface area contributed by atoms with E-state index < -0.39 is 6.17 Å². The van der Waals surface area contributed by atoms with Gasteiger partial charge in [-0.05, 0) is 62.2 Å². The second kappa shape index (κ2) is 7.06. The van der Waals surface area contributed by atoms with Crippen LogP contribution in [0, 0.1) is 23.7 Å².